The van der Waals surface area contributed by atoms with E-state index in [2.05, 4.69) is 36.9 Å². The van der Waals surface area contributed by atoms with E-state index < -0.39 is 5.97 Å². The molecule has 1 saturated heterocycles. The van der Waals surface area contributed by atoms with Gasteiger partial charge in [-0.3, -0.25) is 4.90 Å². The monoisotopic (exact) mass is 341 g/mol. The summed E-state index contributed by atoms with van der Waals surface area (Å²) in [7, 11) is 0. The van der Waals surface area contributed by atoms with Gasteiger partial charge in [-0.25, -0.2) is 4.79 Å². The zero-order valence-electron chi connectivity index (χ0n) is 15.3. The molecule has 0 aliphatic carbocycles. The molecule has 0 saturated carbocycles. The van der Waals surface area contributed by atoms with Gasteiger partial charge in [0, 0.05) is 18.5 Å². The Balaban J connectivity index is 1.64. The number of nitrogens with zero attached hydrogens (tertiary/aromatic N) is 1. The molecule has 25 heavy (non-hydrogen) atoms. The summed E-state index contributed by atoms with van der Waals surface area (Å²) in [5.74, 6) is 0.486. The van der Waals surface area contributed by atoms with Crippen LogP contribution in [0.2, 0.25) is 0 Å². The van der Waals surface area contributed by atoms with Crippen molar-refractivity contribution in [3.05, 3.63) is 58.0 Å². The molecule has 1 aliphatic heterocycles. The number of likely N-dealkylation sites (tertiary alicyclic amines) is 1. The lowest BCUT2D eigenvalue weighted by molar-refractivity contribution is 0.0660. The number of piperidine rings is 1. The SMILES string of the molecule is CCc1oc(C(=O)O)cc1CN1CCC(c2cc(C)cc(C)c2)CC1. The van der Waals surface area contributed by atoms with Crippen molar-refractivity contribution in [2.24, 2.45) is 0 Å². The molecule has 0 radical (unpaired) electrons. The molecular weight excluding hydrogens is 314 g/mol. The highest BCUT2D eigenvalue weighted by atomic mass is 16.4. The zero-order chi connectivity index (χ0) is 18.0. The predicted molar refractivity (Wildman–Crippen MR) is 98.2 cm³/mol. The first-order valence-electron chi connectivity index (χ1n) is 9.11. The van der Waals surface area contributed by atoms with E-state index in [0.29, 0.717) is 5.92 Å². The Morgan fingerprint density at radius 1 is 1.16 bits per heavy atom. The van der Waals surface area contributed by atoms with Crippen LogP contribution < -0.4 is 0 Å². The molecule has 1 N–H and O–H groups in total. The standard InChI is InChI=1S/C21H27NO3/c1-4-19-18(12-20(25-19)21(23)24)13-22-7-5-16(6-8-22)17-10-14(2)9-15(3)11-17/h9-12,16H,4-8,13H2,1-3H3,(H,23,24). The van der Waals surface area contributed by atoms with Gasteiger partial charge in [0.25, 0.3) is 0 Å². The molecule has 134 valence electrons. The molecule has 2 heterocycles. The van der Waals surface area contributed by atoms with E-state index in [4.69, 9.17) is 9.52 Å². The maximum Gasteiger partial charge on any atom is 0.371 e. The van der Waals surface area contributed by atoms with Crippen LogP contribution in [0.4, 0.5) is 0 Å². The van der Waals surface area contributed by atoms with E-state index in [1.165, 1.54) is 16.7 Å². The molecule has 1 aliphatic rings. The third-order valence-electron chi connectivity index (χ3n) is 5.13. The predicted octanol–water partition coefficient (Wildman–Crippen LogP) is 4.54. The summed E-state index contributed by atoms with van der Waals surface area (Å²) in [4.78, 5) is 13.5. The van der Waals surface area contributed by atoms with E-state index >= 15 is 0 Å². The molecular formula is C21H27NO3. The first kappa shape index (κ1) is 17.7. The largest absolute Gasteiger partial charge is 0.475 e. The maximum absolute atomic E-state index is 11.1. The minimum atomic E-state index is -0.991. The third-order valence-corrected chi connectivity index (χ3v) is 5.13. The van der Waals surface area contributed by atoms with Gasteiger partial charge in [0.1, 0.15) is 5.76 Å². The molecule has 0 atom stereocenters. The van der Waals surface area contributed by atoms with E-state index in [-0.39, 0.29) is 5.76 Å². The normalized spacial score (nSPS) is 16.3. The van der Waals surface area contributed by atoms with Crippen LogP contribution in [-0.2, 0) is 13.0 Å². The fourth-order valence-electron chi connectivity index (χ4n) is 3.92. The van der Waals surface area contributed by atoms with Crippen LogP contribution in [0.3, 0.4) is 0 Å². The van der Waals surface area contributed by atoms with Gasteiger partial charge in [-0.2, -0.15) is 0 Å². The van der Waals surface area contributed by atoms with Crippen LogP contribution >= 0.6 is 0 Å². The average molecular weight is 341 g/mol. The van der Waals surface area contributed by atoms with Gasteiger partial charge in [-0.05, 0) is 57.3 Å². The second-order valence-electron chi connectivity index (χ2n) is 7.19. The molecule has 1 aromatic heterocycles. The lowest BCUT2D eigenvalue weighted by atomic mass is 9.87. The summed E-state index contributed by atoms with van der Waals surface area (Å²) < 4.78 is 5.46. The number of furan rings is 1. The van der Waals surface area contributed by atoms with Crippen molar-refractivity contribution in [1.82, 2.24) is 4.90 Å². The second-order valence-corrected chi connectivity index (χ2v) is 7.19. The molecule has 2 aromatic rings. The number of hydrogen-bond acceptors (Lipinski definition) is 3. The van der Waals surface area contributed by atoms with Crippen molar-refractivity contribution in [2.45, 2.75) is 52.5 Å². The van der Waals surface area contributed by atoms with Crippen molar-refractivity contribution in [3.63, 3.8) is 0 Å². The highest BCUT2D eigenvalue weighted by Crippen LogP contribution is 2.30. The molecule has 3 rings (SSSR count). The van der Waals surface area contributed by atoms with Gasteiger partial charge in [-0.1, -0.05) is 36.2 Å². The molecule has 0 amide bonds. The summed E-state index contributed by atoms with van der Waals surface area (Å²) in [5.41, 5.74) is 5.15. The van der Waals surface area contributed by atoms with E-state index in [9.17, 15) is 4.79 Å². The number of carbonyl (C=O) groups is 1. The van der Waals surface area contributed by atoms with Crippen molar-refractivity contribution >= 4 is 5.97 Å². The van der Waals surface area contributed by atoms with Gasteiger partial charge >= 0.3 is 5.97 Å². The minimum Gasteiger partial charge on any atom is -0.475 e. The lowest BCUT2D eigenvalue weighted by Gasteiger charge is -2.32. The number of aromatic carboxylic acids is 1. The molecule has 0 bridgehead atoms. The number of rotatable bonds is 5. The van der Waals surface area contributed by atoms with Crippen LogP contribution in [0.25, 0.3) is 0 Å². The van der Waals surface area contributed by atoms with Crippen molar-refractivity contribution in [3.8, 4) is 0 Å². The Hall–Kier alpha value is -2.07. The topological polar surface area (TPSA) is 53.7 Å². The summed E-state index contributed by atoms with van der Waals surface area (Å²) >= 11 is 0. The van der Waals surface area contributed by atoms with Crippen LogP contribution in [0.5, 0.6) is 0 Å². The van der Waals surface area contributed by atoms with Gasteiger partial charge in [0.15, 0.2) is 0 Å². The quantitative estimate of drug-likeness (QED) is 0.868. The summed E-state index contributed by atoms with van der Waals surface area (Å²) in [6, 6.07) is 8.55. The minimum absolute atomic E-state index is 0.0528. The number of hydrogen-bond donors (Lipinski definition) is 1. The smallest absolute Gasteiger partial charge is 0.371 e. The number of aryl methyl sites for hydroxylation is 3. The molecule has 0 spiro atoms. The Kier molecular flexibility index (Phi) is 5.28. The zero-order valence-corrected chi connectivity index (χ0v) is 15.3. The summed E-state index contributed by atoms with van der Waals surface area (Å²) in [6.45, 7) is 9.18. The van der Waals surface area contributed by atoms with E-state index in [1.54, 1.807) is 6.07 Å². The second kappa shape index (κ2) is 7.44. The third kappa shape index (κ3) is 4.13. The maximum atomic E-state index is 11.1. The van der Waals surface area contributed by atoms with Gasteiger partial charge < -0.3 is 9.52 Å². The molecule has 4 nitrogen and oxygen atoms in total. The van der Waals surface area contributed by atoms with Crippen molar-refractivity contribution in [1.29, 1.82) is 0 Å². The van der Waals surface area contributed by atoms with Crippen LogP contribution in [0.15, 0.2) is 28.7 Å². The van der Waals surface area contributed by atoms with E-state index in [0.717, 1.165) is 50.2 Å². The van der Waals surface area contributed by atoms with Gasteiger partial charge in [-0.15, -0.1) is 0 Å². The first-order valence-corrected chi connectivity index (χ1v) is 9.11. The molecule has 1 fully saturated rings. The van der Waals surface area contributed by atoms with Crippen LogP contribution in [0.1, 0.15) is 64.3 Å². The number of benzene rings is 1. The molecule has 0 unspecified atom stereocenters. The van der Waals surface area contributed by atoms with Crippen molar-refractivity contribution in [2.75, 3.05) is 13.1 Å². The van der Waals surface area contributed by atoms with Crippen molar-refractivity contribution < 1.29 is 14.3 Å². The fourth-order valence-corrected chi connectivity index (χ4v) is 3.92. The highest BCUT2D eigenvalue weighted by molar-refractivity contribution is 5.84. The average Bonchev–Trinajstić information content (AvgIpc) is 2.98. The number of carboxylic acid groups (broad SMARTS) is 1. The Morgan fingerprint density at radius 2 is 1.80 bits per heavy atom. The van der Waals surface area contributed by atoms with E-state index in [1.807, 2.05) is 6.92 Å². The summed E-state index contributed by atoms with van der Waals surface area (Å²) in [6.07, 6.45) is 3.02. The van der Waals surface area contributed by atoms with Crippen LogP contribution in [-0.4, -0.2) is 29.1 Å². The Bertz CT molecular complexity index is 734. The first-order chi connectivity index (χ1) is 12.0. The number of carboxylic acids is 1. The lowest BCUT2D eigenvalue weighted by Crippen LogP contribution is -2.32. The Morgan fingerprint density at radius 3 is 2.36 bits per heavy atom. The molecule has 4 heteroatoms. The summed E-state index contributed by atoms with van der Waals surface area (Å²) in [5, 5.41) is 9.12. The van der Waals surface area contributed by atoms with Crippen LogP contribution in [0, 0.1) is 13.8 Å². The molecule has 1 aromatic carbocycles. The van der Waals surface area contributed by atoms with Gasteiger partial charge in [0.2, 0.25) is 5.76 Å². The highest BCUT2D eigenvalue weighted by Gasteiger charge is 2.23. The Labute approximate surface area is 149 Å². The fraction of sp³-hybridized carbons (Fsp3) is 0.476. The van der Waals surface area contributed by atoms with Gasteiger partial charge in [0.05, 0.1) is 0 Å².